The van der Waals surface area contributed by atoms with Gasteiger partial charge in [-0.15, -0.1) is 0 Å². The largest absolute Gasteiger partial charge is 0.328 e. The van der Waals surface area contributed by atoms with E-state index in [-0.39, 0.29) is 6.54 Å². The number of nitrogens with two attached hydrogens (primary N) is 1. The minimum absolute atomic E-state index is 0.0927. The van der Waals surface area contributed by atoms with E-state index in [1.165, 1.54) is 5.56 Å². The first-order chi connectivity index (χ1) is 7.50. The van der Waals surface area contributed by atoms with Crippen LogP contribution in [-0.4, -0.2) is 12.2 Å². The maximum atomic E-state index is 14.1. The summed E-state index contributed by atoms with van der Waals surface area (Å²) in [5, 5.41) is 0. The van der Waals surface area contributed by atoms with Crippen molar-refractivity contribution >= 4 is 0 Å². The van der Waals surface area contributed by atoms with Gasteiger partial charge in [0.25, 0.3) is 0 Å². The summed E-state index contributed by atoms with van der Waals surface area (Å²) in [5.41, 5.74) is 6.53. The second kappa shape index (κ2) is 5.44. The van der Waals surface area contributed by atoms with Gasteiger partial charge in [-0.05, 0) is 23.5 Å². The second-order valence-corrected chi connectivity index (χ2v) is 4.78. The molecule has 1 aromatic carbocycles. The normalized spacial score (nSPS) is 15.1. The number of hydrogen-bond acceptors (Lipinski definition) is 1. The lowest BCUT2D eigenvalue weighted by molar-refractivity contribution is 0.167. The van der Waals surface area contributed by atoms with Crippen LogP contribution in [0.15, 0.2) is 24.3 Å². The highest BCUT2D eigenvalue weighted by molar-refractivity contribution is 5.25. The van der Waals surface area contributed by atoms with Crippen molar-refractivity contribution in [3.05, 3.63) is 35.4 Å². The molecule has 16 heavy (non-hydrogen) atoms. The summed E-state index contributed by atoms with van der Waals surface area (Å²) in [5.74, 6) is 0.518. The molecule has 1 atom stereocenters. The molecular weight excluding hydrogens is 201 g/mol. The molecule has 1 rings (SSSR count). The topological polar surface area (TPSA) is 26.0 Å². The van der Waals surface area contributed by atoms with Crippen LogP contribution in [0.1, 0.15) is 44.2 Å². The maximum absolute atomic E-state index is 14.1. The lowest BCUT2D eigenvalue weighted by Gasteiger charge is -2.22. The molecule has 0 radical (unpaired) electrons. The molecule has 0 saturated heterocycles. The minimum Gasteiger partial charge on any atom is -0.328 e. The van der Waals surface area contributed by atoms with E-state index in [1.807, 2.05) is 19.1 Å². The van der Waals surface area contributed by atoms with Gasteiger partial charge in [0.15, 0.2) is 0 Å². The van der Waals surface area contributed by atoms with E-state index in [0.717, 1.165) is 5.56 Å². The lowest BCUT2D eigenvalue weighted by Crippen LogP contribution is -2.34. The van der Waals surface area contributed by atoms with Gasteiger partial charge in [-0.1, -0.05) is 45.0 Å². The molecule has 1 unspecified atom stereocenters. The maximum Gasteiger partial charge on any atom is 0.126 e. The van der Waals surface area contributed by atoms with Crippen LogP contribution >= 0.6 is 0 Å². The third-order valence-electron chi connectivity index (χ3n) is 3.17. The van der Waals surface area contributed by atoms with Crippen molar-refractivity contribution in [1.82, 2.24) is 0 Å². The molecule has 2 heteroatoms. The molecule has 0 fully saturated rings. The summed E-state index contributed by atoms with van der Waals surface area (Å²) < 4.78 is 14.1. The molecule has 0 heterocycles. The summed E-state index contributed by atoms with van der Waals surface area (Å²) in [4.78, 5) is 0. The molecule has 1 aromatic rings. The Morgan fingerprint density at radius 3 is 2.19 bits per heavy atom. The van der Waals surface area contributed by atoms with Crippen molar-refractivity contribution in [1.29, 1.82) is 0 Å². The predicted octanol–water partition coefficient (Wildman–Crippen LogP) is 3.43. The van der Waals surface area contributed by atoms with Crippen molar-refractivity contribution in [2.75, 3.05) is 6.54 Å². The predicted molar refractivity (Wildman–Crippen MR) is 67.4 cm³/mol. The van der Waals surface area contributed by atoms with Crippen LogP contribution < -0.4 is 5.73 Å². The smallest absolute Gasteiger partial charge is 0.126 e. The first-order valence-electron chi connectivity index (χ1n) is 5.98. The molecule has 0 aliphatic rings. The molecular formula is C14H22FN. The number of alkyl halides is 1. The van der Waals surface area contributed by atoms with E-state index < -0.39 is 5.67 Å². The molecule has 0 aliphatic heterocycles. The lowest BCUT2D eigenvalue weighted by atomic mass is 9.92. The van der Waals surface area contributed by atoms with E-state index in [9.17, 15) is 4.39 Å². The molecule has 0 spiro atoms. The standard InChI is InChI=1S/C14H22FN/c1-4-14(15,10-16)9-12-5-7-13(8-6-12)11(2)3/h5-8,11H,4,9-10,16H2,1-3H3. The van der Waals surface area contributed by atoms with E-state index in [1.54, 1.807) is 0 Å². The van der Waals surface area contributed by atoms with Gasteiger partial charge < -0.3 is 5.73 Å². The summed E-state index contributed by atoms with van der Waals surface area (Å²) >= 11 is 0. The van der Waals surface area contributed by atoms with Gasteiger partial charge in [0.2, 0.25) is 0 Å². The zero-order chi connectivity index (χ0) is 12.2. The third kappa shape index (κ3) is 3.31. The quantitative estimate of drug-likeness (QED) is 0.813. The fraction of sp³-hybridized carbons (Fsp3) is 0.571. The molecule has 90 valence electrons. The monoisotopic (exact) mass is 223 g/mol. The number of hydrogen-bond donors (Lipinski definition) is 1. The Balaban J connectivity index is 2.75. The zero-order valence-corrected chi connectivity index (χ0v) is 10.5. The average molecular weight is 223 g/mol. The Bertz CT molecular complexity index is 312. The first-order valence-corrected chi connectivity index (χ1v) is 5.98. The highest BCUT2D eigenvalue weighted by Gasteiger charge is 2.25. The van der Waals surface area contributed by atoms with E-state index in [2.05, 4.69) is 26.0 Å². The number of halogens is 1. The molecule has 0 saturated carbocycles. The van der Waals surface area contributed by atoms with Gasteiger partial charge >= 0.3 is 0 Å². The van der Waals surface area contributed by atoms with Crippen molar-refractivity contribution in [3.63, 3.8) is 0 Å². The zero-order valence-electron chi connectivity index (χ0n) is 10.5. The fourth-order valence-electron chi connectivity index (χ4n) is 1.73. The third-order valence-corrected chi connectivity index (χ3v) is 3.17. The Morgan fingerprint density at radius 1 is 1.25 bits per heavy atom. The SMILES string of the molecule is CCC(F)(CN)Cc1ccc(C(C)C)cc1. The van der Waals surface area contributed by atoms with Crippen molar-refractivity contribution in [2.45, 2.75) is 45.2 Å². The van der Waals surface area contributed by atoms with Crippen LogP contribution in [0, 0.1) is 0 Å². The molecule has 0 bridgehead atoms. The van der Waals surface area contributed by atoms with E-state index >= 15 is 0 Å². The fourth-order valence-corrected chi connectivity index (χ4v) is 1.73. The van der Waals surface area contributed by atoms with Crippen LogP contribution in [0.5, 0.6) is 0 Å². The van der Waals surface area contributed by atoms with E-state index in [0.29, 0.717) is 18.8 Å². The number of rotatable bonds is 5. The summed E-state index contributed by atoms with van der Waals surface area (Å²) in [6, 6.07) is 8.17. The Morgan fingerprint density at radius 2 is 1.81 bits per heavy atom. The van der Waals surface area contributed by atoms with Gasteiger partial charge in [-0.25, -0.2) is 4.39 Å². The molecule has 0 amide bonds. The van der Waals surface area contributed by atoms with Crippen LogP contribution in [0.25, 0.3) is 0 Å². The van der Waals surface area contributed by atoms with Crippen LogP contribution in [-0.2, 0) is 6.42 Å². The molecule has 0 aromatic heterocycles. The van der Waals surface area contributed by atoms with Gasteiger partial charge in [0.05, 0.1) is 0 Å². The van der Waals surface area contributed by atoms with Crippen molar-refractivity contribution in [3.8, 4) is 0 Å². The van der Waals surface area contributed by atoms with Crippen molar-refractivity contribution < 1.29 is 4.39 Å². The van der Waals surface area contributed by atoms with Crippen LogP contribution in [0.2, 0.25) is 0 Å². The summed E-state index contributed by atoms with van der Waals surface area (Å²) in [6.45, 7) is 6.24. The van der Waals surface area contributed by atoms with Gasteiger partial charge in [-0.2, -0.15) is 0 Å². The number of benzene rings is 1. The Labute approximate surface area is 97.9 Å². The summed E-state index contributed by atoms with van der Waals surface area (Å²) in [6.07, 6.45) is 0.883. The first kappa shape index (κ1) is 13.2. The van der Waals surface area contributed by atoms with E-state index in [4.69, 9.17) is 5.73 Å². The molecule has 1 nitrogen and oxygen atoms in total. The Kier molecular flexibility index (Phi) is 4.48. The molecule has 0 aliphatic carbocycles. The second-order valence-electron chi connectivity index (χ2n) is 4.78. The van der Waals surface area contributed by atoms with Gasteiger partial charge in [-0.3, -0.25) is 0 Å². The summed E-state index contributed by atoms with van der Waals surface area (Å²) in [7, 11) is 0. The molecule has 2 N–H and O–H groups in total. The van der Waals surface area contributed by atoms with Crippen LogP contribution in [0.4, 0.5) is 4.39 Å². The van der Waals surface area contributed by atoms with Gasteiger partial charge in [0, 0.05) is 13.0 Å². The van der Waals surface area contributed by atoms with Crippen LogP contribution in [0.3, 0.4) is 0 Å². The highest BCUT2D eigenvalue weighted by atomic mass is 19.1. The average Bonchev–Trinajstić information content (AvgIpc) is 2.29. The van der Waals surface area contributed by atoms with Crippen molar-refractivity contribution in [2.24, 2.45) is 5.73 Å². The van der Waals surface area contributed by atoms with Gasteiger partial charge in [0.1, 0.15) is 5.67 Å². The minimum atomic E-state index is -1.25. The Hall–Kier alpha value is -0.890. The highest BCUT2D eigenvalue weighted by Crippen LogP contribution is 2.22.